The summed E-state index contributed by atoms with van der Waals surface area (Å²) in [4.78, 5) is 28.7. The molecule has 1 aliphatic carbocycles. The van der Waals surface area contributed by atoms with E-state index in [4.69, 9.17) is 9.47 Å². The monoisotopic (exact) mass is 355 g/mol. The van der Waals surface area contributed by atoms with Gasteiger partial charge < -0.3 is 20.1 Å². The average Bonchev–Trinajstić information content (AvgIpc) is 3.48. The summed E-state index contributed by atoms with van der Waals surface area (Å²) < 4.78 is 10.4. The first-order valence-corrected chi connectivity index (χ1v) is 8.32. The van der Waals surface area contributed by atoms with Gasteiger partial charge in [-0.2, -0.15) is 0 Å². The van der Waals surface area contributed by atoms with Gasteiger partial charge in [0.2, 0.25) is 11.8 Å². The lowest BCUT2D eigenvalue weighted by Crippen LogP contribution is -2.27. The van der Waals surface area contributed by atoms with Gasteiger partial charge in [-0.25, -0.2) is 0 Å². The highest BCUT2D eigenvalue weighted by molar-refractivity contribution is 6.00. The van der Waals surface area contributed by atoms with Gasteiger partial charge in [-0.1, -0.05) is 6.07 Å². The minimum Gasteiger partial charge on any atom is -0.497 e. The van der Waals surface area contributed by atoms with Crippen molar-refractivity contribution < 1.29 is 19.1 Å². The van der Waals surface area contributed by atoms with E-state index in [0.717, 1.165) is 5.56 Å². The van der Waals surface area contributed by atoms with Crippen LogP contribution in [-0.2, 0) is 16.1 Å². The fourth-order valence-electron chi connectivity index (χ4n) is 2.73. The number of amides is 2. The summed E-state index contributed by atoms with van der Waals surface area (Å²) in [6.07, 6.45) is 3.92. The number of ether oxygens (including phenoxy) is 2. The number of anilines is 1. The van der Waals surface area contributed by atoms with Gasteiger partial charge in [0, 0.05) is 25.0 Å². The van der Waals surface area contributed by atoms with E-state index in [1.165, 1.54) is 7.11 Å². The predicted octanol–water partition coefficient (Wildman–Crippen LogP) is 1.99. The number of pyridine rings is 1. The third-order valence-electron chi connectivity index (χ3n) is 4.32. The van der Waals surface area contributed by atoms with Crippen molar-refractivity contribution in [1.29, 1.82) is 0 Å². The van der Waals surface area contributed by atoms with Gasteiger partial charge in [0.05, 0.1) is 31.7 Å². The second-order valence-electron chi connectivity index (χ2n) is 6.08. The summed E-state index contributed by atoms with van der Waals surface area (Å²) in [7, 11) is 3.08. The molecule has 2 aromatic rings. The Balaban J connectivity index is 1.55. The number of hydrogen-bond acceptors (Lipinski definition) is 5. The first kappa shape index (κ1) is 17.7. The molecule has 1 aliphatic rings. The Morgan fingerprint density at radius 3 is 2.65 bits per heavy atom. The Labute approximate surface area is 151 Å². The Morgan fingerprint density at radius 2 is 1.96 bits per heavy atom. The van der Waals surface area contributed by atoms with E-state index in [0.29, 0.717) is 30.2 Å². The van der Waals surface area contributed by atoms with Gasteiger partial charge in [-0.15, -0.1) is 0 Å². The zero-order valence-corrected chi connectivity index (χ0v) is 14.7. The van der Waals surface area contributed by atoms with Gasteiger partial charge in [0.25, 0.3) is 0 Å². The van der Waals surface area contributed by atoms with E-state index in [-0.39, 0.29) is 23.7 Å². The number of benzene rings is 1. The van der Waals surface area contributed by atoms with Crippen LogP contribution in [-0.4, -0.2) is 31.0 Å². The number of hydrogen-bond donors (Lipinski definition) is 2. The van der Waals surface area contributed by atoms with E-state index in [2.05, 4.69) is 15.6 Å². The largest absolute Gasteiger partial charge is 0.497 e. The maximum Gasteiger partial charge on any atom is 0.228 e. The smallest absolute Gasteiger partial charge is 0.228 e. The van der Waals surface area contributed by atoms with Crippen LogP contribution in [0.15, 0.2) is 42.7 Å². The SMILES string of the molecule is COc1ccc(OC)c(NC(=O)C2CC2C(=O)NCc2cccnc2)c1. The molecule has 2 unspecified atom stereocenters. The van der Waals surface area contributed by atoms with Crippen LogP contribution in [0.1, 0.15) is 12.0 Å². The average molecular weight is 355 g/mol. The molecule has 3 rings (SSSR count). The summed E-state index contributed by atoms with van der Waals surface area (Å²) in [6, 6.07) is 8.87. The Morgan fingerprint density at radius 1 is 1.15 bits per heavy atom. The molecule has 0 spiro atoms. The van der Waals surface area contributed by atoms with Gasteiger partial charge >= 0.3 is 0 Å². The molecule has 1 heterocycles. The van der Waals surface area contributed by atoms with Crippen LogP contribution in [0.4, 0.5) is 5.69 Å². The molecule has 7 nitrogen and oxygen atoms in total. The summed E-state index contributed by atoms with van der Waals surface area (Å²) >= 11 is 0. The molecule has 1 aromatic heterocycles. The highest BCUT2D eigenvalue weighted by Gasteiger charge is 2.48. The van der Waals surface area contributed by atoms with E-state index in [9.17, 15) is 9.59 Å². The molecular formula is C19H21N3O4. The van der Waals surface area contributed by atoms with Crippen LogP contribution >= 0.6 is 0 Å². The van der Waals surface area contributed by atoms with Gasteiger partial charge in [0.1, 0.15) is 11.5 Å². The summed E-state index contributed by atoms with van der Waals surface area (Å²) in [5, 5.41) is 5.67. The molecule has 1 aromatic carbocycles. The molecule has 2 atom stereocenters. The fourth-order valence-corrected chi connectivity index (χ4v) is 2.73. The molecule has 0 bridgehead atoms. The predicted molar refractivity (Wildman–Crippen MR) is 95.9 cm³/mol. The van der Waals surface area contributed by atoms with Gasteiger partial charge in [-0.05, 0) is 30.2 Å². The number of rotatable bonds is 7. The van der Waals surface area contributed by atoms with Crippen molar-refractivity contribution in [3.05, 3.63) is 48.3 Å². The molecule has 0 saturated heterocycles. The zero-order valence-electron chi connectivity index (χ0n) is 14.7. The standard InChI is InChI=1S/C19H21N3O4/c1-25-13-5-6-17(26-2)16(8-13)22-19(24)15-9-14(15)18(23)21-11-12-4-3-7-20-10-12/h3-8,10,14-15H,9,11H2,1-2H3,(H,21,23)(H,22,24). The van der Waals surface area contributed by atoms with Crippen LogP contribution < -0.4 is 20.1 Å². The molecule has 1 saturated carbocycles. The number of methoxy groups -OCH3 is 2. The number of carbonyl (C=O) groups is 2. The maximum absolute atomic E-state index is 12.4. The second kappa shape index (κ2) is 7.86. The van der Waals surface area contributed by atoms with Crippen molar-refractivity contribution in [3.63, 3.8) is 0 Å². The fraction of sp³-hybridized carbons (Fsp3) is 0.316. The van der Waals surface area contributed by atoms with Crippen LogP contribution in [0.2, 0.25) is 0 Å². The van der Waals surface area contributed by atoms with Gasteiger partial charge in [0.15, 0.2) is 0 Å². The first-order valence-electron chi connectivity index (χ1n) is 8.32. The molecule has 0 aliphatic heterocycles. The molecule has 1 fully saturated rings. The lowest BCUT2D eigenvalue weighted by atomic mass is 10.2. The van der Waals surface area contributed by atoms with Gasteiger partial charge in [-0.3, -0.25) is 14.6 Å². The molecule has 2 amide bonds. The number of carbonyl (C=O) groups excluding carboxylic acids is 2. The third-order valence-corrected chi connectivity index (χ3v) is 4.32. The van der Waals surface area contributed by atoms with E-state index < -0.39 is 0 Å². The van der Waals surface area contributed by atoms with Crippen LogP contribution in [0, 0.1) is 11.8 Å². The van der Waals surface area contributed by atoms with E-state index >= 15 is 0 Å². The minimum absolute atomic E-state index is 0.119. The van der Waals surface area contributed by atoms with Crippen molar-refractivity contribution in [1.82, 2.24) is 10.3 Å². The van der Waals surface area contributed by atoms with E-state index in [1.807, 2.05) is 12.1 Å². The number of aromatic nitrogens is 1. The number of nitrogens with zero attached hydrogens (tertiary/aromatic N) is 1. The number of nitrogens with one attached hydrogen (secondary N) is 2. The Hall–Kier alpha value is -3.09. The zero-order chi connectivity index (χ0) is 18.5. The lowest BCUT2D eigenvalue weighted by Gasteiger charge is -2.11. The summed E-state index contributed by atoms with van der Waals surface area (Å²) in [5.74, 6) is 0.202. The molecule has 2 N–H and O–H groups in total. The van der Waals surface area contributed by atoms with Crippen molar-refractivity contribution >= 4 is 17.5 Å². The third kappa shape index (κ3) is 4.11. The highest BCUT2D eigenvalue weighted by atomic mass is 16.5. The second-order valence-corrected chi connectivity index (χ2v) is 6.08. The first-order chi connectivity index (χ1) is 12.6. The van der Waals surface area contributed by atoms with Crippen molar-refractivity contribution in [2.24, 2.45) is 11.8 Å². The minimum atomic E-state index is -0.334. The highest BCUT2D eigenvalue weighted by Crippen LogP contribution is 2.40. The quantitative estimate of drug-likeness (QED) is 0.793. The van der Waals surface area contributed by atoms with Crippen LogP contribution in [0.3, 0.4) is 0 Å². The normalized spacial score (nSPS) is 17.9. The Bertz CT molecular complexity index is 795. The van der Waals surface area contributed by atoms with Crippen molar-refractivity contribution in [2.75, 3.05) is 19.5 Å². The summed E-state index contributed by atoms with van der Waals surface area (Å²) in [6.45, 7) is 0.404. The lowest BCUT2D eigenvalue weighted by molar-refractivity contribution is -0.125. The van der Waals surface area contributed by atoms with Crippen molar-refractivity contribution in [2.45, 2.75) is 13.0 Å². The Kier molecular flexibility index (Phi) is 5.36. The maximum atomic E-state index is 12.4. The molecular weight excluding hydrogens is 334 g/mol. The van der Waals surface area contributed by atoms with Crippen LogP contribution in [0.5, 0.6) is 11.5 Å². The molecule has 0 radical (unpaired) electrons. The molecule has 7 heteroatoms. The summed E-state index contributed by atoms with van der Waals surface area (Å²) in [5.41, 5.74) is 1.45. The molecule has 136 valence electrons. The molecule has 26 heavy (non-hydrogen) atoms. The van der Waals surface area contributed by atoms with E-state index in [1.54, 1.807) is 37.7 Å². The van der Waals surface area contributed by atoms with Crippen molar-refractivity contribution in [3.8, 4) is 11.5 Å². The topological polar surface area (TPSA) is 89.5 Å². The van der Waals surface area contributed by atoms with Crippen LogP contribution in [0.25, 0.3) is 0 Å².